The molecule has 2 aromatic rings. The molecule has 0 N–H and O–H groups in total. The summed E-state index contributed by atoms with van der Waals surface area (Å²) in [6, 6.07) is 9.22. The maximum atomic E-state index is 13.4. The van der Waals surface area contributed by atoms with E-state index >= 15 is 0 Å². The lowest BCUT2D eigenvalue weighted by molar-refractivity contribution is -0.104. The second-order valence-corrected chi connectivity index (χ2v) is 5.00. The highest BCUT2D eigenvalue weighted by Gasteiger charge is 2.08. The van der Waals surface area contributed by atoms with E-state index in [0.29, 0.717) is 5.56 Å². The third-order valence-electron chi connectivity index (χ3n) is 3.34. The highest BCUT2D eigenvalue weighted by atomic mass is 19.1. The lowest BCUT2D eigenvalue weighted by Gasteiger charge is -2.12. The summed E-state index contributed by atoms with van der Waals surface area (Å²) in [5.41, 5.74) is 5.83. The summed E-state index contributed by atoms with van der Waals surface area (Å²) in [6.07, 6.45) is 4.05. The molecule has 0 bridgehead atoms. The van der Waals surface area contributed by atoms with E-state index in [2.05, 4.69) is 12.1 Å². The zero-order valence-corrected chi connectivity index (χ0v) is 11.9. The van der Waals surface area contributed by atoms with Crippen molar-refractivity contribution in [2.45, 2.75) is 20.8 Å². The SMILES string of the molecule is Cc1cc(C)c(/C=C/C=O)c(-c2ccc(F)c(C)c2)c1. The van der Waals surface area contributed by atoms with Gasteiger partial charge in [-0.1, -0.05) is 29.8 Å². The number of aldehydes is 1. The predicted molar refractivity (Wildman–Crippen MR) is 81.1 cm³/mol. The van der Waals surface area contributed by atoms with Crippen LogP contribution in [-0.2, 0) is 4.79 Å². The molecule has 0 amide bonds. The first-order valence-electron chi connectivity index (χ1n) is 6.52. The summed E-state index contributed by atoms with van der Waals surface area (Å²) < 4.78 is 13.4. The van der Waals surface area contributed by atoms with Crippen LogP contribution in [0.15, 0.2) is 36.4 Å². The number of carbonyl (C=O) groups is 1. The Morgan fingerprint density at radius 2 is 1.75 bits per heavy atom. The largest absolute Gasteiger partial charge is 0.299 e. The first-order valence-corrected chi connectivity index (χ1v) is 6.52. The van der Waals surface area contributed by atoms with Crippen molar-refractivity contribution in [2.75, 3.05) is 0 Å². The van der Waals surface area contributed by atoms with E-state index in [1.165, 1.54) is 12.1 Å². The zero-order valence-electron chi connectivity index (χ0n) is 11.9. The van der Waals surface area contributed by atoms with Gasteiger partial charge in [0.05, 0.1) is 0 Å². The monoisotopic (exact) mass is 268 g/mol. The molecule has 0 saturated heterocycles. The number of allylic oxidation sites excluding steroid dienone is 1. The zero-order chi connectivity index (χ0) is 14.7. The molecule has 2 aromatic carbocycles. The average molecular weight is 268 g/mol. The summed E-state index contributed by atoms with van der Waals surface area (Å²) in [5.74, 6) is -0.205. The van der Waals surface area contributed by atoms with Crippen molar-refractivity contribution >= 4 is 12.4 Å². The number of aryl methyl sites for hydroxylation is 3. The van der Waals surface area contributed by atoms with Gasteiger partial charge in [-0.2, -0.15) is 0 Å². The molecule has 2 heteroatoms. The fraction of sp³-hybridized carbons (Fsp3) is 0.167. The second kappa shape index (κ2) is 5.83. The Balaban J connectivity index is 2.67. The topological polar surface area (TPSA) is 17.1 Å². The third kappa shape index (κ3) is 2.85. The normalized spacial score (nSPS) is 11.0. The fourth-order valence-electron chi connectivity index (χ4n) is 2.39. The molecule has 0 aliphatic heterocycles. The van der Waals surface area contributed by atoms with Crippen LogP contribution in [0.25, 0.3) is 17.2 Å². The van der Waals surface area contributed by atoms with Crippen molar-refractivity contribution in [3.05, 3.63) is 64.5 Å². The summed E-state index contributed by atoms with van der Waals surface area (Å²) in [5, 5.41) is 0. The van der Waals surface area contributed by atoms with E-state index in [1.54, 1.807) is 19.1 Å². The fourth-order valence-corrected chi connectivity index (χ4v) is 2.39. The maximum absolute atomic E-state index is 13.4. The molecule has 0 saturated carbocycles. The summed E-state index contributed by atoms with van der Waals surface area (Å²) in [4.78, 5) is 10.6. The van der Waals surface area contributed by atoms with Crippen LogP contribution in [0.2, 0.25) is 0 Å². The number of rotatable bonds is 3. The van der Waals surface area contributed by atoms with Gasteiger partial charge in [-0.15, -0.1) is 0 Å². The highest BCUT2D eigenvalue weighted by molar-refractivity contribution is 5.83. The smallest absolute Gasteiger partial charge is 0.142 e. The lowest BCUT2D eigenvalue weighted by Crippen LogP contribution is -1.92. The van der Waals surface area contributed by atoms with E-state index < -0.39 is 0 Å². The maximum Gasteiger partial charge on any atom is 0.142 e. The summed E-state index contributed by atoms with van der Waals surface area (Å²) in [6.45, 7) is 5.79. The van der Waals surface area contributed by atoms with Gasteiger partial charge in [0.1, 0.15) is 12.1 Å². The molecule has 2 rings (SSSR count). The Labute approximate surface area is 118 Å². The van der Waals surface area contributed by atoms with Gasteiger partial charge in [-0.3, -0.25) is 4.79 Å². The minimum absolute atomic E-state index is 0.205. The molecule has 0 aromatic heterocycles. The minimum atomic E-state index is -0.205. The summed E-state index contributed by atoms with van der Waals surface area (Å²) in [7, 11) is 0. The predicted octanol–water partition coefficient (Wildman–Crippen LogP) is 4.63. The molecule has 1 nitrogen and oxygen atoms in total. The van der Waals surface area contributed by atoms with Crippen LogP contribution in [0, 0.1) is 26.6 Å². The Kier molecular flexibility index (Phi) is 4.14. The molecule has 0 fully saturated rings. The molecule has 0 spiro atoms. The van der Waals surface area contributed by atoms with E-state index in [0.717, 1.165) is 34.1 Å². The highest BCUT2D eigenvalue weighted by Crippen LogP contribution is 2.30. The van der Waals surface area contributed by atoms with Gasteiger partial charge in [0.15, 0.2) is 0 Å². The molecular weight excluding hydrogens is 251 g/mol. The number of benzene rings is 2. The number of carbonyl (C=O) groups excluding carboxylic acids is 1. The molecule has 0 aliphatic rings. The third-order valence-corrected chi connectivity index (χ3v) is 3.34. The van der Waals surface area contributed by atoms with Gasteiger partial charge in [0.2, 0.25) is 0 Å². The van der Waals surface area contributed by atoms with Crippen LogP contribution in [0.3, 0.4) is 0 Å². The molecular formula is C18H17FO. The van der Waals surface area contributed by atoms with E-state index in [4.69, 9.17) is 0 Å². The van der Waals surface area contributed by atoms with Gasteiger partial charge in [0.25, 0.3) is 0 Å². The molecule has 0 unspecified atom stereocenters. The molecule has 0 atom stereocenters. The van der Waals surface area contributed by atoms with Crippen LogP contribution >= 0.6 is 0 Å². The van der Waals surface area contributed by atoms with Gasteiger partial charge in [0, 0.05) is 0 Å². The number of hydrogen-bond acceptors (Lipinski definition) is 1. The van der Waals surface area contributed by atoms with Crippen molar-refractivity contribution < 1.29 is 9.18 Å². The first kappa shape index (κ1) is 14.2. The van der Waals surface area contributed by atoms with E-state index in [1.807, 2.05) is 19.9 Å². The van der Waals surface area contributed by atoms with Crippen LogP contribution in [-0.4, -0.2) is 6.29 Å². The van der Waals surface area contributed by atoms with Gasteiger partial charge in [-0.05, 0) is 66.8 Å². The molecule has 102 valence electrons. The molecule has 0 heterocycles. The quantitative estimate of drug-likeness (QED) is 0.586. The van der Waals surface area contributed by atoms with Crippen molar-refractivity contribution in [1.82, 2.24) is 0 Å². The average Bonchev–Trinajstić information content (AvgIpc) is 2.40. The molecule has 0 radical (unpaired) electrons. The number of hydrogen-bond donors (Lipinski definition) is 0. The van der Waals surface area contributed by atoms with Crippen molar-refractivity contribution in [2.24, 2.45) is 0 Å². The van der Waals surface area contributed by atoms with Crippen LogP contribution in [0.1, 0.15) is 22.3 Å². The van der Waals surface area contributed by atoms with Crippen LogP contribution < -0.4 is 0 Å². The van der Waals surface area contributed by atoms with Crippen molar-refractivity contribution in [3.8, 4) is 11.1 Å². The Morgan fingerprint density at radius 3 is 2.40 bits per heavy atom. The number of halogens is 1. The van der Waals surface area contributed by atoms with E-state index in [-0.39, 0.29) is 5.82 Å². The van der Waals surface area contributed by atoms with Crippen LogP contribution in [0.5, 0.6) is 0 Å². The molecule has 20 heavy (non-hydrogen) atoms. The second-order valence-electron chi connectivity index (χ2n) is 5.00. The van der Waals surface area contributed by atoms with Gasteiger partial charge < -0.3 is 0 Å². The lowest BCUT2D eigenvalue weighted by atomic mass is 9.92. The Morgan fingerprint density at radius 1 is 1.00 bits per heavy atom. The van der Waals surface area contributed by atoms with Crippen molar-refractivity contribution in [3.63, 3.8) is 0 Å². The van der Waals surface area contributed by atoms with E-state index in [9.17, 15) is 9.18 Å². The van der Waals surface area contributed by atoms with Crippen LogP contribution in [0.4, 0.5) is 4.39 Å². The standard InChI is InChI=1S/C18H17FO/c1-12-9-13(2)16(5-4-8-20)17(10-12)15-6-7-18(19)14(3)11-15/h4-11H,1-3H3/b5-4+. The minimum Gasteiger partial charge on any atom is -0.299 e. The Hall–Kier alpha value is -2.22. The van der Waals surface area contributed by atoms with Gasteiger partial charge in [-0.25, -0.2) is 4.39 Å². The summed E-state index contributed by atoms with van der Waals surface area (Å²) >= 11 is 0. The van der Waals surface area contributed by atoms with Gasteiger partial charge >= 0.3 is 0 Å². The first-order chi connectivity index (χ1) is 9.52. The Bertz CT molecular complexity index is 684. The molecule has 0 aliphatic carbocycles. The van der Waals surface area contributed by atoms with Crippen molar-refractivity contribution in [1.29, 1.82) is 0 Å².